The molecule has 1 nitrogen and oxygen atoms in total. The SMILES string of the molecule is CCCCCC1CCC([C@@H]2CC[C@@H](CCCCC)C(=O)C2)CC1. The first kappa shape index (κ1) is 19.0. The summed E-state index contributed by atoms with van der Waals surface area (Å²) >= 11 is 0. The summed E-state index contributed by atoms with van der Waals surface area (Å²) in [6, 6.07) is 0. The smallest absolute Gasteiger partial charge is 0.136 e. The van der Waals surface area contributed by atoms with Crippen LogP contribution in [-0.4, -0.2) is 5.78 Å². The van der Waals surface area contributed by atoms with Crippen molar-refractivity contribution in [2.75, 3.05) is 0 Å². The Labute approximate surface area is 145 Å². The molecule has 0 bridgehead atoms. The van der Waals surface area contributed by atoms with Gasteiger partial charge < -0.3 is 0 Å². The number of carbonyl (C=O) groups excluding carboxylic acids is 1. The third kappa shape index (κ3) is 6.24. The molecule has 2 fully saturated rings. The van der Waals surface area contributed by atoms with Gasteiger partial charge in [0, 0.05) is 12.3 Å². The maximum absolute atomic E-state index is 12.5. The quantitative estimate of drug-likeness (QED) is 0.420. The van der Waals surface area contributed by atoms with Crippen LogP contribution in [0.1, 0.15) is 110 Å². The molecular formula is C22H40O. The fraction of sp³-hybridized carbons (Fsp3) is 0.955. The number of Topliss-reactive ketones (excluding diaryl/α,β-unsaturated/α-hetero) is 1. The Morgan fingerprint density at radius 3 is 1.96 bits per heavy atom. The number of carbonyl (C=O) groups is 1. The lowest BCUT2D eigenvalue weighted by atomic mass is 9.68. The van der Waals surface area contributed by atoms with Crippen LogP contribution in [0.25, 0.3) is 0 Å². The van der Waals surface area contributed by atoms with Crippen LogP contribution in [0.15, 0.2) is 0 Å². The van der Waals surface area contributed by atoms with E-state index in [1.54, 1.807) is 0 Å². The standard InChI is InChI=1S/C22H40O/c1-3-5-7-9-18-11-13-19(14-12-18)21-16-15-20(22(23)17-21)10-8-6-4-2/h18-21H,3-17H2,1-2H3/t18?,19?,20-,21-/m1/s1. The lowest BCUT2D eigenvalue weighted by Gasteiger charge is -2.37. The van der Waals surface area contributed by atoms with Gasteiger partial charge in [-0.25, -0.2) is 0 Å². The zero-order valence-corrected chi connectivity index (χ0v) is 15.8. The second-order valence-corrected chi connectivity index (χ2v) is 8.48. The minimum Gasteiger partial charge on any atom is -0.299 e. The van der Waals surface area contributed by atoms with E-state index in [1.807, 2.05) is 0 Å². The molecule has 2 atom stereocenters. The maximum Gasteiger partial charge on any atom is 0.136 e. The van der Waals surface area contributed by atoms with Crippen molar-refractivity contribution in [3.8, 4) is 0 Å². The first-order valence-electron chi connectivity index (χ1n) is 10.8. The number of ketones is 1. The molecule has 1 heteroatoms. The lowest BCUT2D eigenvalue weighted by molar-refractivity contribution is -0.127. The Bertz CT molecular complexity index is 327. The van der Waals surface area contributed by atoms with Gasteiger partial charge in [0.1, 0.15) is 5.78 Å². The molecular weight excluding hydrogens is 280 g/mol. The third-order valence-electron chi connectivity index (χ3n) is 6.73. The molecule has 0 spiro atoms. The molecule has 23 heavy (non-hydrogen) atoms. The molecule has 0 aromatic rings. The summed E-state index contributed by atoms with van der Waals surface area (Å²) in [4.78, 5) is 12.5. The van der Waals surface area contributed by atoms with Crippen molar-refractivity contribution in [3.05, 3.63) is 0 Å². The number of hydrogen-bond acceptors (Lipinski definition) is 1. The summed E-state index contributed by atoms with van der Waals surface area (Å²) < 4.78 is 0. The lowest BCUT2D eigenvalue weighted by Crippen LogP contribution is -2.31. The minimum atomic E-state index is 0.420. The van der Waals surface area contributed by atoms with E-state index in [2.05, 4.69) is 13.8 Å². The molecule has 2 rings (SSSR count). The molecule has 0 aromatic carbocycles. The van der Waals surface area contributed by atoms with E-state index in [0.717, 1.165) is 24.2 Å². The molecule has 0 unspecified atom stereocenters. The van der Waals surface area contributed by atoms with Crippen LogP contribution in [0, 0.1) is 23.7 Å². The van der Waals surface area contributed by atoms with Gasteiger partial charge in [-0.15, -0.1) is 0 Å². The van der Waals surface area contributed by atoms with E-state index in [0.29, 0.717) is 11.7 Å². The van der Waals surface area contributed by atoms with Gasteiger partial charge in [-0.3, -0.25) is 4.79 Å². The van der Waals surface area contributed by atoms with E-state index in [4.69, 9.17) is 0 Å². The van der Waals surface area contributed by atoms with Gasteiger partial charge in [0.05, 0.1) is 0 Å². The Kier molecular flexibility index (Phi) is 8.69. The fourth-order valence-electron chi connectivity index (χ4n) is 5.08. The maximum atomic E-state index is 12.5. The third-order valence-corrected chi connectivity index (χ3v) is 6.73. The number of rotatable bonds is 9. The van der Waals surface area contributed by atoms with Crippen LogP contribution >= 0.6 is 0 Å². The van der Waals surface area contributed by atoms with Crippen LogP contribution < -0.4 is 0 Å². The van der Waals surface area contributed by atoms with Crippen molar-refractivity contribution in [2.45, 2.75) is 110 Å². The van der Waals surface area contributed by atoms with Crippen LogP contribution in [0.2, 0.25) is 0 Å². The Balaban J connectivity index is 1.66. The molecule has 0 saturated heterocycles. The summed E-state index contributed by atoms with van der Waals surface area (Å²) in [6.07, 6.45) is 19.8. The average Bonchev–Trinajstić information content (AvgIpc) is 2.57. The second kappa shape index (κ2) is 10.5. The van der Waals surface area contributed by atoms with Gasteiger partial charge in [0.15, 0.2) is 0 Å². The van der Waals surface area contributed by atoms with Gasteiger partial charge in [-0.2, -0.15) is 0 Å². The molecule has 2 aliphatic rings. The molecule has 0 radical (unpaired) electrons. The predicted molar refractivity (Wildman–Crippen MR) is 99.6 cm³/mol. The summed E-state index contributed by atoms with van der Waals surface area (Å²) in [5.41, 5.74) is 0. The summed E-state index contributed by atoms with van der Waals surface area (Å²) in [5, 5.41) is 0. The molecule has 0 N–H and O–H groups in total. The molecule has 2 aliphatic carbocycles. The highest BCUT2D eigenvalue weighted by Gasteiger charge is 2.34. The van der Waals surface area contributed by atoms with E-state index >= 15 is 0 Å². The van der Waals surface area contributed by atoms with E-state index in [1.165, 1.54) is 89.9 Å². The molecule has 2 saturated carbocycles. The average molecular weight is 321 g/mol. The zero-order chi connectivity index (χ0) is 16.5. The highest BCUT2D eigenvalue weighted by molar-refractivity contribution is 5.81. The van der Waals surface area contributed by atoms with Gasteiger partial charge in [0.2, 0.25) is 0 Å². The number of unbranched alkanes of at least 4 members (excludes halogenated alkanes) is 4. The highest BCUT2D eigenvalue weighted by Crippen LogP contribution is 2.42. The molecule has 134 valence electrons. The Morgan fingerprint density at radius 2 is 1.35 bits per heavy atom. The fourth-order valence-corrected chi connectivity index (χ4v) is 5.08. The molecule has 0 heterocycles. The van der Waals surface area contributed by atoms with Crippen molar-refractivity contribution >= 4 is 5.78 Å². The first-order chi connectivity index (χ1) is 11.2. The van der Waals surface area contributed by atoms with Gasteiger partial charge >= 0.3 is 0 Å². The largest absolute Gasteiger partial charge is 0.299 e. The molecule has 0 aromatic heterocycles. The van der Waals surface area contributed by atoms with Crippen molar-refractivity contribution in [1.82, 2.24) is 0 Å². The van der Waals surface area contributed by atoms with Crippen molar-refractivity contribution in [2.24, 2.45) is 23.7 Å². The summed E-state index contributed by atoms with van der Waals surface area (Å²) in [7, 11) is 0. The Hall–Kier alpha value is -0.330. The molecule has 0 amide bonds. The highest BCUT2D eigenvalue weighted by atomic mass is 16.1. The Morgan fingerprint density at radius 1 is 0.739 bits per heavy atom. The van der Waals surface area contributed by atoms with Crippen molar-refractivity contribution in [3.63, 3.8) is 0 Å². The topological polar surface area (TPSA) is 17.1 Å². The first-order valence-corrected chi connectivity index (χ1v) is 10.8. The predicted octanol–water partition coefficient (Wildman–Crippen LogP) is 6.94. The summed E-state index contributed by atoms with van der Waals surface area (Å²) in [6.45, 7) is 4.55. The van der Waals surface area contributed by atoms with Crippen molar-refractivity contribution in [1.29, 1.82) is 0 Å². The normalized spacial score (nSPS) is 32.2. The molecule has 0 aliphatic heterocycles. The van der Waals surface area contributed by atoms with Crippen molar-refractivity contribution < 1.29 is 4.79 Å². The monoisotopic (exact) mass is 320 g/mol. The van der Waals surface area contributed by atoms with E-state index in [9.17, 15) is 4.79 Å². The van der Waals surface area contributed by atoms with Crippen LogP contribution in [-0.2, 0) is 4.79 Å². The van der Waals surface area contributed by atoms with Crippen LogP contribution in [0.5, 0.6) is 0 Å². The van der Waals surface area contributed by atoms with Crippen LogP contribution in [0.3, 0.4) is 0 Å². The van der Waals surface area contributed by atoms with Gasteiger partial charge in [-0.1, -0.05) is 71.6 Å². The van der Waals surface area contributed by atoms with E-state index < -0.39 is 0 Å². The van der Waals surface area contributed by atoms with Gasteiger partial charge in [-0.05, 0) is 49.9 Å². The van der Waals surface area contributed by atoms with Gasteiger partial charge in [0.25, 0.3) is 0 Å². The summed E-state index contributed by atoms with van der Waals surface area (Å²) in [5.74, 6) is 3.64. The van der Waals surface area contributed by atoms with E-state index in [-0.39, 0.29) is 0 Å². The number of hydrogen-bond donors (Lipinski definition) is 0. The zero-order valence-electron chi connectivity index (χ0n) is 15.8. The minimum absolute atomic E-state index is 0.420. The second-order valence-electron chi connectivity index (χ2n) is 8.48. The van der Waals surface area contributed by atoms with Crippen LogP contribution in [0.4, 0.5) is 0 Å².